The minimum absolute atomic E-state index is 0.288. The number of halogens is 2. The van der Waals surface area contributed by atoms with Crippen LogP contribution in [0, 0.1) is 13.8 Å². The summed E-state index contributed by atoms with van der Waals surface area (Å²) < 4.78 is 1.94. The molecule has 0 aliphatic heterocycles. The van der Waals surface area contributed by atoms with Crippen LogP contribution in [0.2, 0.25) is 10.0 Å². The predicted molar refractivity (Wildman–Crippen MR) is 109 cm³/mol. The average molecular weight is 401 g/mol. The van der Waals surface area contributed by atoms with Gasteiger partial charge in [-0.1, -0.05) is 41.4 Å². The van der Waals surface area contributed by atoms with E-state index >= 15 is 0 Å². The van der Waals surface area contributed by atoms with Gasteiger partial charge < -0.3 is 0 Å². The fourth-order valence-corrected chi connectivity index (χ4v) is 2.90. The monoisotopic (exact) mass is 400 g/mol. The molecule has 0 saturated heterocycles. The summed E-state index contributed by atoms with van der Waals surface area (Å²) in [6.07, 6.45) is 1.51. The van der Waals surface area contributed by atoms with E-state index in [4.69, 9.17) is 23.2 Å². The van der Waals surface area contributed by atoms with Gasteiger partial charge in [0.1, 0.15) is 0 Å². The molecule has 0 fully saturated rings. The summed E-state index contributed by atoms with van der Waals surface area (Å²) in [7, 11) is 0. The molecule has 1 N–H and O–H groups in total. The molecular weight excluding hydrogens is 383 g/mol. The van der Waals surface area contributed by atoms with Crippen LogP contribution in [0.5, 0.6) is 0 Å². The number of hydrogen-bond donors (Lipinski definition) is 1. The Labute approximate surface area is 167 Å². The molecule has 0 aliphatic rings. The van der Waals surface area contributed by atoms with Gasteiger partial charge in [0.15, 0.2) is 0 Å². The first-order chi connectivity index (χ1) is 12.9. The van der Waals surface area contributed by atoms with Gasteiger partial charge in [-0.15, -0.1) is 0 Å². The number of aromatic nitrogens is 2. The zero-order chi connectivity index (χ0) is 19.4. The second kappa shape index (κ2) is 8.37. The molecule has 5 nitrogen and oxygen atoms in total. The second-order valence-corrected chi connectivity index (χ2v) is 6.97. The van der Waals surface area contributed by atoms with E-state index in [-0.39, 0.29) is 5.91 Å². The maximum Gasteiger partial charge on any atom is 0.271 e. The van der Waals surface area contributed by atoms with Crippen LogP contribution in [0.1, 0.15) is 32.9 Å². The molecule has 1 amide bonds. The Balaban J connectivity index is 1.60. The number of rotatable bonds is 5. The molecule has 0 saturated carbocycles. The van der Waals surface area contributed by atoms with Crippen LogP contribution in [0.4, 0.5) is 0 Å². The number of carbonyl (C=O) groups excluding carboxylic acids is 1. The Morgan fingerprint density at radius 2 is 1.85 bits per heavy atom. The Hall–Kier alpha value is -2.63. The quantitative estimate of drug-likeness (QED) is 0.501. The van der Waals surface area contributed by atoms with Crippen molar-refractivity contribution in [1.29, 1.82) is 0 Å². The van der Waals surface area contributed by atoms with Gasteiger partial charge in [-0.25, -0.2) is 5.43 Å². The first kappa shape index (κ1) is 19.1. The largest absolute Gasteiger partial charge is 0.271 e. The summed E-state index contributed by atoms with van der Waals surface area (Å²) in [6.45, 7) is 4.65. The van der Waals surface area contributed by atoms with Crippen molar-refractivity contribution in [3.05, 3.63) is 86.7 Å². The Morgan fingerprint density at radius 3 is 2.48 bits per heavy atom. The lowest BCUT2D eigenvalue weighted by molar-refractivity contribution is 0.0955. The molecular formula is C20H18Cl2N4O. The lowest BCUT2D eigenvalue weighted by Gasteiger charge is -2.06. The van der Waals surface area contributed by atoms with Gasteiger partial charge in [0.05, 0.1) is 28.5 Å². The van der Waals surface area contributed by atoms with Crippen LogP contribution in [0.25, 0.3) is 0 Å². The third kappa shape index (κ3) is 4.96. The van der Waals surface area contributed by atoms with Gasteiger partial charge >= 0.3 is 0 Å². The minimum Gasteiger partial charge on any atom is -0.267 e. The predicted octanol–water partition coefficient (Wildman–Crippen LogP) is 4.62. The summed E-state index contributed by atoms with van der Waals surface area (Å²) >= 11 is 11.8. The van der Waals surface area contributed by atoms with E-state index in [0.717, 1.165) is 22.5 Å². The van der Waals surface area contributed by atoms with E-state index in [1.807, 2.05) is 36.7 Å². The van der Waals surface area contributed by atoms with Crippen LogP contribution in [-0.2, 0) is 6.54 Å². The van der Waals surface area contributed by atoms with Crippen LogP contribution < -0.4 is 5.43 Å². The zero-order valence-corrected chi connectivity index (χ0v) is 16.4. The van der Waals surface area contributed by atoms with Gasteiger partial charge in [0.2, 0.25) is 0 Å². The molecule has 27 heavy (non-hydrogen) atoms. The number of hydrazone groups is 1. The number of hydrogen-bond acceptors (Lipinski definition) is 3. The summed E-state index contributed by atoms with van der Waals surface area (Å²) in [5, 5.41) is 9.30. The molecule has 1 heterocycles. The molecule has 0 atom stereocenters. The third-order valence-electron chi connectivity index (χ3n) is 3.98. The Bertz CT molecular complexity index is 994. The Morgan fingerprint density at radius 1 is 1.11 bits per heavy atom. The number of nitrogens with one attached hydrogen (secondary N) is 1. The van der Waals surface area contributed by atoms with Crippen LogP contribution in [0.15, 0.2) is 53.6 Å². The van der Waals surface area contributed by atoms with Crippen molar-refractivity contribution in [2.24, 2.45) is 5.10 Å². The van der Waals surface area contributed by atoms with Crippen LogP contribution in [-0.4, -0.2) is 21.9 Å². The molecule has 0 aliphatic carbocycles. The van der Waals surface area contributed by atoms with E-state index in [1.165, 1.54) is 6.21 Å². The molecule has 1 aromatic heterocycles. The highest BCUT2D eigenvalue weighted by atomic mass is 35.5. The van der Waals surface area contributed by atoms with E-state index in [2.05, 4.69) is 15.6 Å². The molecule has 3 rings (SSSR count). The van der Waals surface area contributed by atoms with Gasteiger partial charge in [-0.3, -0.25) is 9.48 Å². The lowest BCUT2D eigenvalue weighted by Crippen LogP contribution is -2.17. The number of aryl methyl sites for hydroxylation is 2. The van der Waals surface area contributed by atoms with E-state index in [0.29, 0.717) is 22.2 Å². The lowest BCUT2D eigenvalue weighted by atomic mass is 10.1. The molecule has 138 valence electrons. The minimum atomic E-state index is -0.288. The van der Waals surface area contributed by atoms with Gasteiger partial charge in [-0.2, -0.15) is 10.2 Å². The first-order valence-electron chi connectivity index (χ1n) is 8.31. The molecule has 0 bridgehead atoms. The van der Waals surface area contributed by atoms with Crippen LogP contribution >= 0.6 is 23.2 Å². The fourth-order valence-electron chi connectivity index (χ4n) is 2.59. The maximum atomic E-state index is 12.2. The molecule has 7 heteroatoms. The highest BCUT2D eigenvalue weighted by Crippen LogP contribution is 2.21. The van der Waals surface area contributed by atoms with Crippen molar-refractivity contribution < 1.29 is 4.79 Å². The average Bonchev–Trinajstić information content (AvgIpc) is 2.95. The number of benzene rings is 2. The van der Waals surface area contributed by atoms with Crippen molar-refractivity contribution in [2.75, 3.05) is 0 Å². The first-order valence-corrected chi connectivity index (χ1v) is 9.06. The molecule has 2 aromatic carbocycles. The Kier molecular flexibility index (Phi) is 5.94. The molecule has 0 radical (unpaired) electrons. The zero-order valence-electron chi connectivity index (χ0n) is 14.9. The normalized spacial score (nSPS) is 11.1. The van der Waals surface area contributed by atoms with Crippen molar-refractivity contribution >= 4 is 35.3 Å². The SMILES string of the molecule is Cc1cc(C)n(Cc2ccc(C(=O)NN=Cc3ccc(Cl)c(Cl)c3)cc2)n1. The standard InChI is InChI=1S/C20H18Cl2N4O/c1-13-9-14(2)26(25-13)12-15-3-6-17(7-4-15)20(27)24-23-11-16-5-8-18(21)19(22)10-16/h3-11H,12H2,1-2H3,(H,24,27). The summed E-state index contributed by atoms with van der Waals surface area (Å²) in [5.74, 6) is -0.288. The van der Waals surface area contributed by atoms with Crippen molar-refractivity contribution in [3.63, 3.8) is 0 Å². The second-order valence-electron chi connectivity index (χ2n) is 6.15. The van der Waals surface area contributed by atoms with E-state index in [9.17, 15) is 4.79 Å². The smallest absolute Gasteiger partial charge is 0.267 e. The molecule has 0 unspecified atom stereocenters. The van der Waals surface area contributed by atoms with Crippen LogP contribution in [0.3, 0.4) is 0 Å². The topological polar surface area (TPSA) is 59.3 Å². The summed E-state index contributed by atoms with van der Waals surface area (Å²) in [6, 6.07) is 14.5. The molecule has 3 aromatic rings. The number of carbonyl (C=O) groups is 1. The number of nitrogens with zero attached hydrogens (tertiary/aromatic N) is 3. The van der Waals surface area contributed by atoms with E-state index < -0.39 is 0 Å². The van der Waals surface area contributed by atoms with Gasteiger partial charge in [0.25, 0.3) is 5.91 Å². The highest BCUT2D eigenvalue weighted by Gasteiger charge is 2.06. The maximum absolute atomic E-state index is 12.2. The third-order valence-corrected chi connectivity index (χ3v) is 4.71. The van der Waals surface area contributed by atoms with Crippen molar-refractivity contribution in [1.82, 2.24) is 15.2 Å². The molecule has 0 spiro atoms. The van der Waals surface area contributed by atoms with Crippen molar-refractivity contribution in [2.45, 2.75) is 20.4 Å². The fraction of sp³-hybridized carbons (Fsp3) is 0.150. The van der Waals surface area contributed by atoms with Gasteiger partial charge in [0, 0.05) is 11.3 Å². The summed E-state index contributed by atoms with van der Waals surface area (Å²) in [5.41, 5.74) is 6.93. The highest BCUT2D eigenvalue weighted by molar-refractivity contribution is 6.42. The summed E-state index contributed by atoms with van der Waals surface area (Å²) in [4.78, 5) is 12.2. The van der Waals surface area contributed by atoms with Crippen molar-refractivity contribution in [3.8, 4) is 0 Å². The van der Waals surface area contributed by atoms with Gasteiger partial charge in [-0.05, 0) is 55.3 Å². The van der Waals surface area contributed by atoms with E-state index in [1.54, 1.807) is 30.3 Å². The number of amides is 1.